The van der Waals surface area contributed by atoms with E-state index in [0.717, 1.165) is 24.0 Å². The topological polar surface area (TPSA) is 42.4 Å². The second-order valence-corrected chi connectivity index (χ2v) is 7.13. The zero-order valence-corrected chi connectivity index (χ0v) is 14.5. The SMILES string of the molecule is CC(C)(C)OC(=O)N1CCC/C(=C/c2cc(Cl)nc(Cl)c2)C1. The van der Waals surface area contributed by atoms with Gasteiger partial charge in [0.2, 0.25) is 0 Å². The number of rotatable bonds is 1. The molecule has 1 saturated heterocycles. The van der Waals surface area contributed by atoms with Crippen LogP contribution in [-0.2, 0) is 4.74 Å². The molecule has 0 unspecified atom stereocenters. The molecule has 0 spiro atoms. The van der Waals surface area contributed by atoms with Crippen molar-refractivity contribution in [2.45, 2.75) is 39.2 Å². The highest BCUT2D eigenvalue weighted by atomic mass is 35.5. The van der Waals surface area contributed by atoms with Gasteiger partial charge in [0.15, 0.2) is 0 Å². The van der Waals surface area contributed by atoms with E-state index in [1.165, 1.54) is 0 Å². The number of hydrogen-bond acceptors (Lipinski definition) is 3. The fraction of sp³-hybridized carbons (Fsp3) is 0.500. The van der Waals surface area contributed by atoms with Gasteiger partial charge in [0.1, 0.15) is 15.9 Å². The van der Waals surface area contributed by atoms with Gasteiger partial charge < -0.3 is 9.64 Å². The first-order valence-electron chi connectivity index (χ1n) is 7.23. The zero-order chi connectivity index (χ0) is 16.3. The van der Waals surface area contributed by atoms with Crippen LogP contribution in [0.3, 0.4) is 0 Å². The van der Waals surface area contributed by atoms with Crippen molar-refractivity contribution in [2.24, 2.45) is 0 Å². The molecule has 0 aromatic carbocycles. The molecule has 1 aliphatic heterocycles. The number of piperidine rings is 1. The lowest BCUT2D eigenvalue weighted by molar-refractivity contribution is 0.0247. The Bertz CT molecular complexity index is 574. The molecule has 0 N–H and O–H groups in total. The summed E-state index contributed by atoms with van der Waals surface area (Å²) in [7, 11) is 0. The van der Waals surface area contributed by atoms with Crippen LogP contribution in [0, 0.1) is 0 Å². The van der Waals surface area contributed by atoms with Crippen molar-refractivity contribution in [2.75, 3.05) is 13.1 Å². The summed E-state index contributed by atoms with van der Waals surface area (Å²) in [6.45, 7) is 6.88. The quantitative estimate of drug-likeness (QED) is 0.688. The molecule has 22 heavy (non-hydrogen) atoms. The van der Waals surface area contributed by atoms with Crippen molar-refractivity contribution in [1.29, 1.82) is 0 Å². The van der Waals surface area contributed by atoms with Crippen LogP contribution in [0.15, 0.2) is 17.7 Å². The number of amides is 1. The van der Waals surface area contributed by atoms with Gasteiger partial charge in [0.25, 0.3) is 0 Å². The summed E-state index contributed by atoms with van der Waals surface area (Å²) in [5, 5.41) is 0.721. The number of hydrogen-bond donors (Lipinski definition) is 0. The average Bonchev–Trinajstić information content (AvgIpc) is 2.35. The molecule has 2 rings (SSSR count). The molecule has 4 nitrogen and oxygen atoms in total. The Labute approximate surface area is 141 Å². The number of ether oxygens (including phenoxy) is 1. The fourth-order valence-electron chi connectivity index (χ4n) is 2.30. The number of pyridine rings is 1. The van der Waals surface area contributed by atoms with Crippen LogP contribution in [0.5, 0.6) is 0 Å². The largest absolute Gasteiger partial charge is 0.444 e. The molecular formula is C16H20Cl2N2O2. The summed E-state index contributed by atoms with van der Waals surface area (Å²) in [6.07, 6.45) is 3.59. The van der Waals surface area contributed by atoms with E-state index in [2.05, 4.69) is 4.98 Å². The number of aromatic nitrogens is 1. The van der Waals surface area contributed by atoms with Gasteiger partial charge in [-0.1, -0.05) is 34.9 Å². The molecule has 0 saturated carbocycles. The predicted molar refractivity (Wildman–Crippen MR) is 89.3 cm³/mol. The van der Waals surface area contributed by atoms with E-state index < -0.39 is 5.60 Å². The minimum Gasteiger partial charge on any atom is -0.444 e. The molecule has 1 fully saturated rings. The normalized spacial score (nSPS) is 17.7. The summed E-state index contributed by atoms with van der Waals surface area (Å²) < 4.78 is 5.42. The standard InChI is InChI=1S/C16H20Cl2N2O2/c1-16(2,3)22-15(21)20-6-4-5-11(10-20)7-12-8-13(17)19-14(18)9-12/h7-9H,4-6,10H2,1-3H3/b11-7-. The monoisotopic (exact) mass is 342 g/mol. The summed E-state index contributed by atoms with van der Waals surface area (Å²) in [5.74, 6) is 0. The van der Waals surface area contributed by atoms with Crippen molar-refractivity contribution in [3.63, 3.8) is 0 Å². The molecule has 1 aliphatic rings. The molecule has 1 aromatic heterocycles. The first-order chi connectivity index (χ1) is 10.2. The highest BCUT2D eigenvalue weighted by molar-refractivity contribution is 6.32. The van der Waals surface area contributed by atoms with Gasteiger partial charge in [0, 0.05) is 13.1 Å². The average molecular weight is 343 g/mol. The fourth-order valence-corrected chi connectivity index (χ4v) is 2.78. The van der Waals surface area contributed by atoms with Gasteiger partial charge in [-0.3, -0.25) is 0 Å². The summed E-state index contributed by atoms with van der Waals surface area (Å²) in [6, 6.07) is 3.51. The Balaban J connectivity index is 2.09. The van der Waals surface area contributed by atoms with Gasteiger partial charge in [-0.15, -0.1) is 0 Å². The second kappa shape index (κ2) is 6.88. The lowest BCUT2D eigenvalue weighted by Gasteiger charge is -2.31. The number of carbonyl (C=O) groups is 1. The van der Waals surface area contributed by atoms with Crippen LogP contribution in [0.4, 0.5) is 4.79 Å². The second-order valence-electron chi connectivity index (χ2n) is 6.35. The van der Waals surface area contributed by atoms with E-state index in [0.29, 0.717) is 23.4 Å². The zero-order valence-electron chi connectivity index (χ0n) is 13.0. The van der Waals surface area contributed by atoms with E-state index in [-0.39, 0.29) is 6.09 Å². The van der Waals surface area contributed by atoms with Gasteiger partial charge in [-0.2, -0.15) is 0 Å². The van der Waals surface area contributed by atoms with Gasteiger partial charge in [-0.05, 0) is 51.3 Å². The molecule has 6 heteroatoms. The maximum absolute atomic E-state index is 12.1. The molecular weight excluding hydrogens is 323 g/mol. The Morgan fingerprint density at radius 1 is 1.32 bits per heavy atom. The van der Waals surface area contributed by atoms with Gasteiger partial charge in [0.05, 0.1) is 0 Å². The number of halogens is 2. The van der Waals surface area contributed by atoms with E-state index in [1.807, 2.05) is 26.8 Å². The van der Waals surface area contributed by atoms with Crippen LogP contribution < -0.4 is 0 Å². The third kappa shape index (κ3) is 5.18. The minimum atomic E-state index is -0.482. The van der Waals surface area contributed by atoms with E-state index in [9.17, 15) is 4.79 Å². The molecule has 1 amide bonds. The maximum atomic E-state index is 12.1. The third-order valence-electron chi connectivity index (χ3n) is 3.13. The highest BCUT2D eigenvalue weighted by Crippen LogP contribution is 2.23. The van der Waals surface area contributed by atoms with Crippen LogP contribution >= 0.6 is 23.2 Å². The molecule has 0 radical (unpaired) electrons. The van der Waals surface area contributed by atoms with Crippen molar-refractivity contribution in [1.82, 2.24) is 9.88 Å². The Morgan fingerprint density at radius 3 is 2.55 bits per heavy atom. The summed E-state index contributed by atoms with van der Waals surface area (Å²) in [5.41, 5.74) is 1.56. The molecule has 0 aliphatic carbocycles. The van der Waals surface area contributed by atoms with Crippen molar-refractivity contribution < 1.29 is 9.53 Å². The smallest absolute Gasteiger partial charge is 0.410 e. The molecule has 0 bridgehead atoms. The van der Waals surface area contributed by atoms with Crippen LogP contribution in [0.25, 0.3) is 6.08 Å². The third-order valence-corrected chi connectivity index (χ3v) is 3.51. The maximum Gasteiger partial charge on any atom is 0.410 e. The first-order valence-corrected chi connectivity index (χ1v) is 7.99. The molecule has 120 valence electrons. The van der Waals surface area contributed by atoms with E-state index in [4.69, 9.17) is 27.9 Å². The van der Waals surface area contributed by atoms with Gasteiger partial charge >= 0.3 is 6.09 Å². The summed E-state index contributed by atoms with van der Waals surface area (Å²) >= 11 is 11.8. The molecule has 2 heterocycles. The van der Waals surface area contributed by atoms with Crippen LogP contribution in [0.1, 0.15) is 39.2 Å². The van der Waals surface area contributed by atoms with Crippen LogP contribution in [-0.4, -0.2) is 34.7 Å². The first kappa shape index (κ1) is 17.1. The van der Waals surface area contributed by atoms with E-state index in [1.54, 1.807) is 17.0 Å². The lowest BCUT2D eigenvalue weighted by atomic mass is 10.0. The van der Waals surface area contributed by atoms with Crippen molar-refractivity contribution in [3.8, 4) is 0 Å². The molecule has 0 atom stereocenters. The number of likely N-dealkylation sites (tertiary alicyclic amines) is 1. The molecule has 1 aromatic rings. The Hall–Kier alpha value is -1.26. The number of nitrogens with zero attached hydrogens (tertiary/aromatic N) is 2. The number of carbonyl (C=O) groups excluding carboxylic acids is 1. The minimum absolute atomic E-state index is 0.274. The summed E-state index contributed by atoms with van der Waals surface area (Å²) in [4.78, 5) is 17.8. The van der Waals surface area contributed by atoms with Crippen molar-refractivity contribution in [3.05, 3.63) is 33.6 Å². The van der Waals surface area contributed by atoms with Crippen LogP contribution in [0.2, 0.25) is 10.3 Å². The Kier molecular flexibility index (Phi) is 5.35. The predicted octanol–water partition coefficient (Wildman–Crippen LogP) is 4.80. The Morgan fingerprint density at radius 2 is 1.95 bits per heavy atom. The lowest BCUT2D eigenvalue weighted by Crippen LogP contribution is -2.40. The van der Waals surface area contributed by atoms with Crippen molar-refractivity contribution >= 4 is 35.4 Å². The van der Waals surface area contributed by atoms with E-state index >= 15 is 0 Å². The van der Waals surface area contributed by atoms with Gasteiger partial charge in [-0.25, -0.2) is 9.78 Å². The highest BCUT2D eigenvalue weighted by Gasteiger charge is 2.24.